The van der Waals surface area contributed by atoms with Gasteiger partial charge in [0.05, 0.1) is 0 Å². The van der Waals surface area contributed by atoms with Gasteiger partial charge in [-0.1, -0.05) is 77.9 Å². The molecule has 1 heteroatoms. The predicted octanol–water partition coefficient (Wildman–Crippen LogP) is 6.56. The second kappa shape index (κ2) is 12.5. The summed E-state index contributed by atoms with van der Waals surface area (Å²) < 4.78 is 0. The molecule has 0 radical (unpaired) electrons. The van der Waals surface area contributed by atoms with Crippen molar-refractivity contribution in [1.82, 2.24) is 0 Å². The molecule has 1 rings (SSSR count). The molecule has 0 saturated carbocycles. The molecule has 0 saturated heterocycles. The molecule has 0 aromatic carbocycles. The minimum absolute atomic E-state index is 0. The van der Waals surface area contributed by atoms with Gasteiger partial charge in [0.1, 0.15) is 0 Å². The van der Waals surface area contributed by atoms with Crippen LogP contribution in [0.15, 0.2) is 22.3 Å². The van der Waals surface area contributed by atoms with Gasteiger partial charge in [0.2, 0.25) is 0 Å². The van der Waals surface area contributed by atoms with Crippen LogP contribution in [0.25, 0.3) is 0 Å². The van der Waals surface area contributed by atoms with Gasteiger partial charge in [-0.15, -0.1) is 0 Å². The first-order valence-electron chi connectivity index (χ1n) is 9.19. The molecule has 0 amide bonds. The van der Waals surface area contributed by atoms with Crippen molar-refractivity contribution in [2.75, 3.05) is 0 Å². The molecule has 0 nitrogen and oxygen atoms in total. The average molecular weight is 317 g/mol. The fourth-order valence-corrected chi connectivity index (χ4v) is 3.97. The maximum atomic E-state index is 2.35. The molecule has 0 heterocycles. The molecule has 118 valence electrons. The summed E-state index contributed by atoms with van der Waals surface area (Å²) in [7, 11) is 0. The van der Waals surface area contributed by atoms with Crippen LogP contribution in [-0.4, -0.2) is 51.4 Å². The first-order chi connectivity index (χ1) is 9.74. The van der Waals surface area contributed by atoms with E-state index in [-0.39, 0.29) is 51.4 Å². The van der Waals surface area contributed by atoms with Gasteiger partial charge in [-0.25, -0.2) is 0 Å². The van der Waals surface area contributed by atoms with Crippen molar-refractivity contribution in [3.63, 3.8) is 0 Å². The molecule has 0 aliphatic heterocycles. The van der Waals surface area contributed by atoms with Crippen LogP contribution in [0, 0.1) is 5.92 Å². The summed E-state index contributed by atoms with van der Waals surface area (Å²) >= 11 is 0. The van der Waals surface area contributed by atoms with Crippen molar-refractivity contribution >= 4 is 51.4 Å². The normalized spacial score (nSPS) is 15.9. The summed E-state index contributed by atoms with van der Waals surface area (Å²) in [6.07, 6.45) is 13.2. The fraction of sp³-hybridized carbons (Fsp3) is 0.800. The van der Waals surface area contributed by atoms with Gasteiger partial charge >= 0.3 is 51.4 Å². The molecule has 0 spiro atoms. The van der Waals surface area contributed by atoms with Gasteiger partial charge in [-0.3, -0.25) is 0 Å². The number of allylic oxidation sites excluding steroid dienone is 4. The van der Waals surface area contributed by atoms with Crippen molar-refractivity contribution in [2.45, 2.75) is 98.8 Å². The summed E-state index contributed by atoms with van der Waals surface area (Å²) in [5.74, 6) is 0.808. The molecule has 1 aliphatic rings. The third-order valence-electron chi connectivity index (χ3n) is 4.60. The fourth-order valence-electron chi connectivity index (χ4n) is 3.97. The summed E-state index contributed by atoms with van der Waals surface area (Å²) in [5, 5.41) is 0. The van der Waals surface area contributed by atoms with Crippen LogP contribution in [-0.2, 0) is 0 Å². The zero-order valence-electron chi connectivity index (χ0n) is 14.6. The second-order valence-corrected chi connectivity index (χ2v) is 6.35. The summed E-state index contributed by atoms with van der Waals surface area (Å²) in [6, 6.07) is 0. The zero-order valence-corrected chi connectivity index (χ0v) is 14.6. The topological polar surface area (TPSA) is 0 Å². The van der Waals surface area contributed by atoms with Crippen molar-refractivity contribution < 1.29 is 0 Å². The van der Waals surface area contributed by atoms with E-state index in [0.717, 1.165) is 5.92 Å². The summed E-state index contributed by atoms with van der Waals surface area (Å²) in [5.41, 5.74) is 7.25. The zero-order chi connectivity index (χ0) is 15.0. The number of rotatable bonds is 10. The molecular formula is C20H37K. The van der Waals surface area contributed by atoms with Crippen LogP contribution < -0.4 is 0 Å². The Kier molecular flexibility index (Phi) is 13.2. The Morgan fingerprint density at radius 2 is 0.952 bits per heavy atom. The predicted molar refractivity (Wildman–Crippen MR) is 99.2 cm³/mol. The molecule has 1 aliphatic carbocycles. The Bertz CT molecular complexity index is 317. The van der Waals surface area contributed by atoms with E-state index in [4.69, 9.17) is 0 Å². The van der Waals surface area contributed by atoms with Crippen LogP contribution in [0.2, 0.25) is 0 Å². The first-order valence-corrected chi connectivity index (χ1v) is 9.19. The van der Waals surface area contributed by atoms with Gasteiger partial charge < -0.3 is 0 Å². The Labute approximate surface area is 176 Å². The van der Waals surface area contributed by atoms with Crippen LogP contribution in [0.4, 0.5) is 0 Å². The molecule has 0 bridgehead atoms. The Hall–Kier alpha value is 1.12. The van der Waals surface area contributed by atoms with Gasteiger partial charge in [-0.2, -0.15) is 0 Å². The Morgan fingerprint density at radius 3 is 1.24 bits per heavy atom. The monoisotopic (exact) mass is 316 g/mol. The van der Waals surface area contributed by atoms with E-state index in [9.17, 15) is 0 Å². The molecule has 0 aromatic rings. The third-order valence-corrected chi connectivity index (χ3v) is 4.60. The molecule has 0 fully saturated rings. The Balaban J connectivity index is 0.00000400. The van der Waals surface area contributed by atoms with E-state index >= 15 is 0 Å². The first kappa shape index (κ1) is 22.1. The van der Waals surface area contributed by atoms with Crippen molar-refractivity contribution in [1.29, 1.82) is 0 Å². The van der Waals surface area contributed by atoms with Crippen molar-refractivity contribution in [3.8, 4) is 0 Å². The number of hydrogen-bond donors (Lipinski definition) is 0. The molecule has 21 heavy (non-hydrogen) atoms. The van der Waals surface area contributed by atoms with Gasteiger partial charge in [0.15, 0.2) is 0 Å². The van der Waals surface area contributed by atoms with Crippen molar-refractivity contribution in [2.24, 2.45) is 5.92 Å². The summed E-state index contributed by atoms with van der Waals surface area (Å²) in [4.78, 5) is 0. The molecule has 0 N–H and O–H groups in total. The van der Waals surface area contributed by atoms with E-state index in [2.05, 4.69) is 34.6 Å². The Morgan fingerprint density at radius 1 is 0.571 bits per heavy atom. The third kappa shape index (κ3) is 5.92. The number of hydrogen-bond acceptors (Lipinski definition) is 0. The van der Waals surface area contributed by atoms with Crippen LogP contribution in [0.5, 0.6) is 0 Å². The van der Waals surface area contributed by atoms with Crippen LogP contribution in [0.1, 0.15) is 98.8 Å². The van der Waals surface area contributed by atoms with E-state index in [1.165, 1.54) is 64.2 Å². The maximum absolute atomic E-state index is 2.35. The molecule has 0 aromatic heterocycles. The second-order valence-electron chi connectivity index (χ2n) is 6.35. The minimum atomic E-state index is 0. The van der Waals surface area contributed by atoms with Gasteiger partial charge in [0, 0.05) is 5.92 Å². The summed E-state index contributed by atoms with van der Waals surface area (Å²) in [6.45, 7) is 11.7. The van der Waals surface area contributed by atoms with E-state index in [1.54, 1.807) is 11.1 Å². The van der Waals surface area contributed by atoms with E-state index in [1.807, 2.05) is 11.1 Å². The molecule has 0 unspecified atom stereocenters. The van der Waals surface area contributed by atoms with Crippen LogP contribution >= 0.6 is 0 Å². The quantitative estimate of drug-likeness (QED) is 0.400. The van der Waals surface area contributed by atoms with Gasteiger partial charge in [0.25, 0.3) is 0 Å². The van der Waals surface area contributed by atoms with Crippen LogP contribution in [0.3, 0.4) is 0 Å². The van der Waals surface area contributed by atoms with Crippen molar-refractivity contribution in [3.05, 3.63) is 22.3 Å². The van der Waals surface area contributed by atoms with E-state index in [0.29, 0.717) is 0 Å². The average Bonchev–Trinajstić information content (AvgIpc) is 2.68. The SMILES string of the molecule is CCCC1=C(CCC)C(CCC)C(CCC)=C1CCC.[KH]. The molecule has 0 atom stereocenters. The van der Waals surface area contributed by atoms with Gasteiger partial charge in [-0.05, 0) is 43.3 Å². The standard InChI is InChI=1S/C20H36.K.H/c1-6-11-16-17(12-7-2)19(14-9-4)20(15-10-5)18(16)13-8-3;;/h16H,6-15H2,1-5H3;;. The molecular weight excluding hydrogens is 279 g/mol. The van der Waals surface area contributed by atoms with E-state index < -0.39 is 0 Å².